The molecule has 0 aliphatic rings. The summed E-state index contributed by atoms with van der Waals surface area (Å²) in [6, 6.07) is 10.6. The van der Waals surface area contributed by atoms with Crippen LogP contribution in [0.2, 0.25) is 5.02 Å². The van der Waals surface area contributed by atoms with Crippen LogP contribution in [0, 0.1) is 6.92 Å². The van der Waals surface area contributed by atoms with Gasteiger partial charge in [0.2, 0.25) is 5.43 Å². The lowest BCUT2D eigenvalue weighted by Crippen LogP contribution is -2.04. The summed E-state index contributed by atoms with van der Waals surface area (Å²) in [4.78, 5) is 12.5. The first-order chi connectivity index (χ1) is 12.0. The van der Waals surface area contributed by atoms with E-state index in [0.717, 1.165) is 5.56 Å². The number of fused-ring (bicyclic) bond motifs is 1. The van der Waals surface area contributed by atoms with E-state index in [0.29, 0.717) is 40.4 Å². The average Bonchev–Trinajstić information content (AvgIpc) is 2.62. The summed E-state index contributed by atoms with van der Waals surface area (Å²) in [6.45, 7) is 5.92. The molecule has 5 heteroatoms. The first-order valence-electron chi connectivity index (χ1n) is 7.70. The molecule has 0 amide bonds. The first-order valence-corrected chi connectivity index (χ1v) is 8.08. The van der Waals surface area contributed by atoms with Gasteiger partial charge >= 0.3 is 0 Å². The Balaban J connectivity index is 2.17. The second kappa shape index (κ2) is 7.03. The third-order valence-electron chi connectivity index (χ3n) is 3.77. The molecule has 0 unspecified atom stereocenters. The number of ether oxygens (including phenoxy) is 2. The van der Waals surface area contributed by atoms with Crippen LogP contribution in [-0.2, 0) is 0 Å². The molecule has 0 radical (unpaired) electrons. The summed E-state index contributed by atoms with van der Waals surface area (Å²) in [5, 5.41) is 0.496. The third kappa shape index (κ3) is 3.26. The van der Waals surface area contributed by atoms with Gasteiger partial charge < -0.3 is 13.9 Å². The van der Waals surface area contributed by atoms with E-state index in [1.54, 1.807) is 37.5 Å². The SMILES string of the molecule is C=CCOc1ccc(-c2oc3cc(C)ccc3c(=O)c2Cl)cc1OC. The van der Waals surface area contributed by atoms with E-state index < -0.39 is 0 Å². The van der Waals surface area contributed by atoms with Gasteiger partial charge in [-0.05, 0) is 42.8 Å². The minimum Gasteiger partial charge on any atom is -0.493 e. The number of hydrogen-bond acceptors (Lipinski definition) is 4. The molecular weight excluding hydrogens is 340 g/mol. The molecule has 3 rings (SSSR count). The summed E-state index contributed by atoms with van der Waals surface area (Å²) in [5.41, 5.74) is 1.86. The Kier molecular flexibility index (Phi) is 4.81. The predicted molar refractivity (Wildman–Crippen MR) is 99.9 cm³/mol. The van der Waals surface area contributed by atoms with Crippen molar-refractivity contribution in [2.24, 2.45) is 0 Å². The highest BCUT2D eigenvalue weighted by Gasteiger charge is 2.16. The highest BCUT2D eigenvalue weighted by molar-refractivity contribution is 6.33. The fourth-order valence-electron chi connectivity index (χ4n) is 2.54. The summed E-state index contributed by atoms with van der Waals surface area (Å²) < 4.78 is 16.8. The van der Waals surface area contributed by atoms with Crippen LogP contribution < -0.4 is 14.9 Å². The highest BCUT2D eigenvalue weighted by atomic mass is 35.5. The number of rotatable bonds is 5. The van der Waals surface area contributed by atoms with Crippen LogP contribution in [0.3, 0.4) is 0 Å². The van der Waals surface area contributed by atoms with Gasteiger partial charge in [0.1, 0.15) is 17.2 Å². The molecule has 25 heavy (non-hydrogen) atoms. The largest absolute Gasteiger partial charge is 0.493 e. The van der Waals surface area contributed by atoms with Gasteiger partial charge in [0, 0.05) is 5.56 Å². The van der Waals surface area contributed by atoms with Crippen LogP contribution in [0.1, 0.15) is 5.56 Å². The van der Waals surface area contributed by atoms with Crippen LogP contribution in [0.15, 0.2) is 58.3 Å². The van der Waals surface area contributed by atoms with Gasteiger partial charge in [0.25, 0.3) is 0 Å². The van der Waals surface area contributed by atoms with Crippen molar-refractivity contribution in [2.45, 2.75) is 6.92 Å². The van der Waals surface area contributed by atoms with Gasteiger partial charge in [-0.3, -0.25) is 4.79 Å². The monoisotopic (exact) mass is 356 g/mol. The lowest BCUT2D eigenvalue weighted by atomic mass is 10.1. The van der Waals surface area contributed by atoms with E-state index in [1.807, 2.05) is 19.1 Å². The lowest BCUT2D eigenvalue weighted by molar-refractivity contribution is 0.326. The maximum atomic E-state index is 12.5. The summed E-state index contributed by atoms with van der Waals surface area (Å²) in [6.07, 6.45) is 1.65. The first kappa shape index (κ1) is 17.1. The molecular formula is C20H17ClO4. The Bertz CT molecular complexity index is 1000. The molecule has 4 nitrogen and oxygen atoms in total. The van der Waals surface area contributed by atoms with E-state index in [9.17, 15) is 4.79 Å². The van der Waals surface area contributed by atoms with Crippen molar-refractivity contribution in [3.8, 4) is 22.8 Å². The maximum Gasteiger partial charge on any atom is 0.211 e. The van der Waals surface area contributed by atoms with Crippen molar-refractivity contribution in [3.05, 3.63) is 69.9 Å². The molecule has 1 aromatic heterocycles. The molecule has 1 heterocycles. The molecule has 0 N–H and O–H groups in total. The van der Waals surface area contributed by atoms with Crippen molar-refractivity contribution in [2.75, 3.05) is 13.7 Å². The van der Waals surface area contributed by atoms with E-state index >= 15 is 0 Å². The Morgan fingerprint density at radius 3 is 2.72 bits per heavy atom. The van der Waals surface area contributed by atoms with Gasteiger partial charge in [0.15, 0.2) is 17.3 Å². The zero-order valence-corrected chi connectivity index (χ0v) is 14.7. The fraction of sp³-hybridized carbons (Fsp3) is 0.150. The standard InChI is InChI=1S/C20H17ClO4/c1-4-9-24-15-8-6-13(11-17(15)23-3)20-18(21)19(22)14-7-5-12(2)10-16(14)25-20/h4-8,10-11H,1,9H2,2-3H3. The second-order valence-electron chi connectivity index (χ2n) is 5.54. The van der Waals surface area contributed by atoms with Gasteiger partial charge in [-0.15, -0.1) is 0 Å². The zero-order valence-electron chi connectivity index (χ0n) is 14.0. The van der Waals surface area contributed by atoms with Gasteiger partial charge in [-0.1, -0.05) is 30.3 Å². The van der Waals surface area contributed by atoms with Crippen molar-refractivity contribution in [3.63, 3.8) is 0 Å². The molecule has 2 aromatic carbocycles. The predicted octanol–water partition coefficient (Wildman–Crippen LogP) is 5.00. The Morgan fingerprint density at radius 1 is 1.20 bits per heavy atom. The van der Waals surface area contributed by atoms with E-state index in [2.05, 4.69) is 6.58 Å². The number of methoxy groups -OCH3 is 1. The quantitative estimate of drug-likeness (QED) is 0.604. The minimum absolute atomic E-state index is 0.0400. The molecule has 0 saturated heterocycles. The maximum absolute atomic E-state index is 12.5. The third-order valence-corrected chi connectivity index (χ3v) is 4.12. The van der Waals surface area contributed by atoms with Crippen molar-refractivity contribution >= 4 is 22.6 Å². The summed E-state index contributed by atoms with van der Waals surface area (Å²) in [5.74, 6) is 1.39. The van der Waals surface area contributed by atoms with Gasteiger partial charge in [0.05, 0.1) is 12.5 Å². The van der Waals surface area contributed by atoms with Gasteiger partial charge in [-0.25, -0.2) is 0 Å². The van der Waals surface area contributed by atoms with Gasteiger partial charge in [-0.2, -0.15) is 0 Å². The van der Waals surface area contributed by atoms with Crippen LogP contribution in [0.4, 0.5) is 0 Å². The van der Waals surface area contributed by atoms with Crippen molar-refractivity contribution < 1.29 is 13.9 Å². The Hall–Kier alpha value is -2.72. The molecule has 0 saturated carbocycles. The molecule has 0 spiro atoms. The van der Waals surface area contributed by atoms with Crippen LogP contribution in [-0.4, -0.2) is 13.7 Å². The number of halogens is 1. The number of aryl methyl sites for hydroxylation is 1. The van der Waals surface area contributed by atoms with Crippen LogP contribution >= 0.6 is 11.6 Å². The number of hydrogen-bond donors (Lipinski definition) is 0. The molecule has 0 aliphatic carbocycles. The summed E-state index contributed by atoms with van der Waals surface area (Å²) >= 11 is 6.27. The fourth-order valence-corrected chi connectivity index (χ4v) is 2.79. The second-order valence-corrected chi connectivity index (χ2v) is 5.92. The smallest absolute Gasteiger partial charge is 0.211 e. The highest BCUT2D eigenvalue weighted by Crippen LogP contribution is 2.35. The summed E-state index contributed by atoms with van der Waals surface area (Å²) in [7, 11) is 1.54. The van der Waals surface area contributed by atoms with E-state index in [-0.39, 0.29) is 10.5 Å². The van der Waals surface area contributed by atoms with Crippen LogP contribution in [0.5, 0.6) is 11.5 Å². The number of benzene rings is 2. The molecule has 0 aliphatic heterocycles. The molecule has 0 fully saturated rings. The van der Waals surface area contributed by atoms with Crippen molar-refractivity contribution in [1.29, 1.82) is 0 Å². The molecule has 0 atom stereocenters. The van der Waals surface area contributed by atoms with Crippen LogP contribution in [0.25, 0.3) is 22.3 Å². The molecule has 128 valence electrons. The average molecular weight is 357 g/mol. The topological polar surface area (TPSA) is 48.7 Å². The van der Waals surface area contributed by atoms with Crippen molar-refractivity contribution in [1.82, 2.24) is 0 Å². The Labute approximate surface area is 150 Å². The normalized spacial score (nSPS) is 10.7. The lowest BCUT2D eigenvalue weighted by Gasteiger charge is -2.12. The zero-order chi connectivity index (χ0) is 18.0. The molecule has 0 bridgehead atoms. The molecule has 3 aromatic rings. The minimum atomic E-state index is -0.260. The van der Waals surface area contributed by atoms with E-state index in [1.165, 1.54) is 0 Å². The Morgan fingerprint density at radius 2 is 2.00 bits per heavy atom. The van der Waals surface area contributed by atoms with E-state index in [4.69, 9.17) is 25.5 Å².